The standard InChI is InChI=1S/C58H39NO/c1-57(2)48-23-11-6-18-39(48)43-30-28-37(32-52(43)57)59(38-29-31-45-44-22-10-15-27-55(44)60-56(45)33-38)54-35-53-47(34-46(54)36-16-4-3-5-17-36)42-21-9-14-26-51(42)58(53)49-24-12-7-19-40(49)41-20-8-13-25-50(41)58/h3-35H,1-2H3. The molecule has 2 heteroatoms. The second-order valence-corrected chi connectivity index (χ2v) is 17.2. The van der Waals surface area contributed by atoms with Crippen molar-refractivity contribution in [1.82, 2.24) is 0 Å². The molecule has 60 heavy (non-hydrogen) atoms. The fraction of sp³-hybridized carbons (Fsp3) is 0.0690. The quantitative estimate of drug-likeness (QED) is 0.177. The Morgan fingerprint density at radius 3 is 1.57 bits per heavy atom. The molecular formula is C58H39NO. The maximum absolute atomic E-state index is 6.62. The molecule has 0 fully saturated rings. The molecule has 0 bridgehead atoms. The van der Waals surface area contributed by atoms with Gasteiger partial charge < -0.3 is 9.32 Å². The summed E-state index contributed by atoms with van der Waals surface area (Å²) in [6.07, 6.45) is 0. The van der Waals surface area contributed by atoms with E-state index in [1.54, 1.807) is 0 Å². The van der Waals surface area contributed by atoms with Gasteiger partial charge in [-0.15, -0.1) is 0 Å². The van der Waals surface area contributed by atoms with Crippen LogP contribution in [0.1, 0.15) is 47.2 Å². The third-order valence-corrected chi connectivity index (χ3v) is 13.9. The Morgan fingerprint density at radius 1 is 0.350 bits per heavy atom. The summed E-state index contributed by atoms with van der Waals surface area (Å²) in [6.45, 7) is 4.74. The van der Waals surface area contributed by atoms with Crippen LogP contribution in [0.3, 0.4) is 0 Å². The highest BCUT2D eigenvalue weighted by atomic mass is 16.3. The van der Waals surface area contributed by atoms with Crippen LogP contribution >= 0.6 is 0 Å². The summed E-state index contributed by atoms with van der Waals surface area (Å²) in [5, 5.41) is 2.24. The van der Waals surface area contributed by atoms with Crippen LogP contribution in [0.4, 0.5) is 17.1 Å². The van der Waals surface area contributed by atoms with E-state index in [-0.39, 0.29) is 5.41 Å². The summed E-state index contributed by atoms with van der Waals surface area (Å²) < 4.78 is 6.62. The molecular weight excluding hydrogens is 727 g/mol. The first kappa shape index (κ1) is 33.5. The van der Waals surface area contributed by atoms with Crippen LogP contribution in [0.2, 0.25) is 0 Å². The molecule has 10 aromatic rings. The van der Waals surface area contributed by atoms with Gasteiger partial charge in [0.05, 0.1) is 11.1 Å². The van der Waals surface area contributed by atoms with Gasteiger partial charge in [0.2, 0.25) is 0 Å². The minimum atomic E-state index is -0.487. The summed E-state index contributed by atoms with van der Waals surface area (Å²) in [7, 11) is 0. The van der Waals surface area contributed by atoms with Crippen molar-refractivity contribution in [2.75, 3.05) is 4.90 Å². The molecule has 9 aromatic carbocycles. The summed E-state index contributed by atoms with van der Waals surface area (Å²) in [5.41, 5.74) is 22.5. The third kappa shape index (κ3) is 4.32. The van der Waals surface area contributed by atoms with Crippen LogP contribution in [0, 0.1) is 0 Å². The van der Waals surface area contributed by atoms with E-state index >= 15 is 0 Å². The minimum absolute atomic E-state index is 0.167. The molecule has 1 spiro atoms. The molecule has 0 unspecified atom stereocenters. The fourth-order valence-corrected chi connectivity index (χ4v) is 11.3. The number of anilines is 3. The lowest BCUT2D eigenvalue weighted by molar-refractivity contribution is 0.660. The molecule has 0 saturated heterocycles. The number of benzene rings is 9. The molecule has 2 nitrogen and oxygen atoms in total. The first-order chi connectivity index (χ1) is 29.5. The molecule has 0 saturated carbocycles. The SMILES string of the molecule is CC1(C)c2ccccc2-c2ccc(N(c3ccc4c(c3)oc3ccccc34)c3cc4c(cc3-c3ccccc3)-c3ccccc3C43c4ccccc4-c4ccccc43)cc21. The maximum atomic E-state index is 6.62. The zero-order valence-electron chi connectivity index (χ0n) is 33.4. The molecule has 3 aliphatic rings. The molecule has 0 radical (unpaired) electrons. The Morgan fingerprint density at radius 2 is 0.867 bits per heavy atom. The average molecular weight is 766 g/mol. The molecule has 0 amide bonds. The van der Waals surface area contributed by atoms with Gasteiger partial charge >= 0.3 is 0 Å². The first-order valence-electron chi connectivity index (χ1n) is 21.0. The van der Waals surface area contributed by atoms with Gasteiger partial charge in [-0.2, -0.15) is 0 Å². The van der Waals surface area contributed by atoms with Gasteiger partial charge in [0.1, 0.15) is 11.2 Å². The van der Waals surface area contributed by atoms with Gasteiger partial charge in [0, 0.05) is 39.2 Å². The molecule has 1 aromatic heterocycles. The van der Waals surface area contributed by atoms with E-state index in [0.29, 0.717) is 0 Å². The average Bonchev–Trinajstić information content (AvgIpc) is 3.98. The summed E-state index contributed by atoms with van der Waals surface area (Å²) >= 11 is 0. The van der Waals surface area contributed by atoms with Crippen molar-refractivity contribution in [3.05, 3.63) is 234 Å². The molecule has 3 aliphatic carbocycles. The van der Waals surface area contributed by atoms with Gasteiger partial charge in [-0.25, -0.2) is 0 Å². The van der Waals surface area contributed by atoms with E-state index in [4.69, 9.17) is 4.42 Å². The lowest BCUT2D eigenvalue weighted by Crippen LogP contribution is -2.26. The summed E-state index contributed by atoms with van der Waals surface area (Å²) in [5.74, 6) is 0. The van der Waals surface area contributed by atoms with E-state index in [1.807, 2.05) is 6.07 Å². The number of furan rings is 1. The molecule has 0 aliphatic heterocycles. The number of rotatable bonds is 4. The topological polar surface area (TPSA) is 16.4 Å². The first-order valence-corrected chi connectivity index (χ1v) is 21.0. The predicted molar refractivity (Wildman–Crippen MR) is 248 cm³/mol. The highest BCUT2D eigenvalue weighted by Crippen LogP contribution is 2.64. The van der Waals surface area contributed by atoms with Gasteiger partial charge in [-0.05, 0) is 115 Å². The van der Waals surface area contributed by atoms with Crippen molar-refractivity contribution >= 4 is 39.0 Å². The van der Waals surface area contributed by atoms with Gasteiger partial charge in [-0.3, -0.25) is 0 Å². The minimum Gasteiger partial charge on any atom is -0.456 e. The third-order valence-electron chi connectivity index (χ3n) is 13.9. The number of nitrogens with zero attached hydrogens (tertiary/aromatic N) is 1. The van der Waals surface area contributed by atoms with Crippen LogP contribution in [0.15, 0.2) is 205 Å². The summed E-state index contributed by atoms with van der Waals surface area (Å²) in [6, 6.07) is 74.4. The van der Waals surface area contributed by atoms with Crippen molar-refractivity contribution in [2.45, 2.75) is 24.7 Å². The van der Waals surface area contributed by atoms with Crippen LogP contribution in [0.25, 0.3) is 66.4 Å². The van der Waals surface area contributed by atoms with E-state index in [9.17, 15) is 0 Å². The van der Waals surface area contributed by atoms with Gasteiger partial charge in [0.15, 0.2) is 0 Å². The number of fused-ring (bicyclic) bond motifs is 16. The van der Waals surface area contributed by atoms with Crippen LogP contribution in [0.5, 0.6) is 0 Å². The number of hydrogen-bond acceptors (Lipinski definition) is 2. The highest BCUT2D eigenvalue weighted by Gasteiger charge is 2.52. The lowest BCUT2D eigenvalue weighted by atomic mass is 9.70. The summed E-state index contributed by atoms with van der Waals surface area (Å²) in [4.78, 5) is 2.50. The number of hydrogen-bond donors (Lipinski definition) is 0. The molecule has 0 atom stereocenters. The monoisotopic (exact) mass is 765 g/mol. The van der Waals surface area contributed by atoms with Crippen LogP contribution < -0.4 is 4.90 Å². The highest BCUT2D eigenvalue weighted by molar-refractivity contribution is 6.07. The zero-order chi connectivity index (χ0) is 39.7. The number of para-hydroxylation sites is 1. The molecule has 13 rings (SSSR count). The van der Waals surface area contributed by atoms with Crippen molar-refractivity contribution < 1.29 is 4.42 Å². The van der Waals surface area contributed by atoms with Crippen molar-refractivity contribution in [1.29, 1.82) is 0 Å². The Kier molecular flexibility index (Phi) is 6.74. The predicted octanol–water partition coefficient (Wildman–Crippen LogP) is 15.4. The normalized spacial score (nSPS) is 14.4. The van der Waals surface area contributed by atoms with Crippen molar-refractivity contribution in [3.8, 4) is 44.5 Å². The Hall–Kier alpha value is -7.42. The second-order valence-electron chi connectivity index (χ2n) is 17.2. The Labute approximate surface area is 349 Å². The van der Waals surface area contributed by atoms with Crippen LogP contribution in [-0.4, -0.2) is 0 Å². The maximum Gasteiger partial charge on any atom is 0.137 e. The van der Waals surface area contributed by atoms with E-state index in [1.165, 1.54) is 77.9 Å². The van der Waals surface area contributed by atoms with Gasteiger partial charge in [-0.1, -0.05) is 166 Å². The van der Waals surface area contributed by atoms with Gasteiger partial charge in [0.25, 0.3) is 0 Å². The fourth-order valence-electron chi connectivity index (χ4n) is 11.3. The van der Waals surface area contributed by atoms with E-state index < -0.39 is 5.41 Å². The van der Waals surface area contributed by atoms with Crippen LogP contribution in [-0.2, 0) is 10.8 Å². The largest absolute Gasteiger partial charge is 0.456 e. The van der Waals surface area contributed by atoms with E-state index in [0.717, 1.165) is 39.0 Å². The Bertz CT molecular complexity index is 3380. The lowest BCUT2D eigenvalue weighted by Gasteiger charge is -2.33. The second kappa shape index (κ2) is 12.1. The molecule has 282 valence electrons. The smallest absolute Gasteiger partial charge is 0.137 e. The molecule has 1 heterocycles. The zero-order valence-corrected chi connectivity index (χ0v) is 33.4. The van der Waals surface area contributed by atoms with Crippen molar-refractivity contribution in [3.63, 3.8) is 0 Å². The van der Waals surface area contributed by atoms with Crippen molar-refractivity contribution in [2.24, 2.45) is 0 Å². The Balaban J connectivity index is 1.15. The molecule has 0 N–H and O–H groups in total. The van der Waals surface area contributed by atoms with E-state index in [2.05, 4.69) is 213 Å².